The van der Waals surface area contributed by atoms with Crippen LogP contribution in [-0.2, 0) is 9.47 Å². The predicted molar refractivity (Wildman–Crippen MR) is 62.6 cm³/mol. The molecule has 1 aliphatic rings. The SMILES string of the molecule is C=CCC1(CC=C)COC(C(C)C)OC1. The van der Waals surface area contributed by atoms with Gasteiger partial charge in [0.15, 0.2) is 6.29 Å². The molecule has 1 saturated heterocycles. The Bertz CT molecular complexity index is 201. The maximum Gasteiger partial charge on any atom is 0.159 e. The molecular weight excluding hydrogens is 188 g/mol. The lowest BCUT2D eigenvalue weighted by Crippen LogP contribution is -2.43. The van der Waals surface area contributed by atoms with E-state index >= 15 is 0 Å². The average molecular weight is 210 g/mol. The monoisotopic (exact) mass is 210 g/mol. The van der Waals surface area contributed by atoms with Crippen LogP contribution in [0.4, 0.5) is 0 Å². The van der Waals surface area contributed by atoms with Crippen molar-refractivity contribution in [2.45, 2.75) is 33.0 Å². The van der Waals surface area contributed by atoms with Crippen molar-refractivity contribution in [3.8, 4) is 0 Å². The second kappa shape index (κ2) is 5.47. The lowest BCUT2D eigenvalue weighted by molar-refractivity contribution is -0.244. The van der Waals surface area contributed by atoms with Crippen molar-refractivity contribution in [1.82, 2.24) is 0 Å². The van der Waals surface area contributed by atoms with Crippen LogP contribution in [0.25, 0.3) is 0 Å². The van der Waals surface area contributed by atoms with Crippen molar-refractivity contribution in [3.63, 3.8) is 0 Å². The molecule has 2 heteroatoms. The smallest absolute Gasteiger partial charge is 0.159 e. The van der Waals surface area contributed by atoms with E-state index in [0.29, 0.717) is 5.92 Å². The molecule has 0 N–H and O–H groups in total. The Labute approximate surface area is 93.0 Å². The highest BCUT2D eigenvalue weighted by atomic mass is 16.7. The molecule has 0 amide bonds. The summed E-state index contributed by atoms with van der Waals surface area (Å²) in [7, 11) is 0. The van der Waals surface area contributed by atoms with Gasteiger partial charge in [-0.1, -0.05) is 26.0 Å². The zero-order valence-corrected chi connectivity index (χ0v) is 9.87. The summed E-state index contributed by atoms with van der Waals surface area (Å²) in [5, 5.41) is 0. The Morgan fingerprint density at radius 1 is 1.20 bits per heavy atom. The van der Waals surface area contributed by atoms with Gasteiger partial charge >= 0.3 is 0 Å². The van der Waals surface area contributed by atoms with E-state index in [1.165, 1.54) is 0 Å². The van der Waals surface area contributed by atoms with Crippen LogP contribution in [-0.4, -0.2) is 19.5 Å². The molecular formula is C13H22O2. The molecule has 0 aliphatic carbocycles. The van der Waals surface area contributed by atoms with E-state index in [0.717, 1.165) is 26.1 Å². The van der Waals surface area contributed by atoms with Crippen LogP contribution < -0.4 is 0 Å². The summed E-state index contributed by atoms with van der Waals surface area (Å²) in [6.45, 7) is 13.3. The quantitative estimate of drug-likeness (QED) is 0.649. The predicted octanol–water partition coefficient (Wildman–Crippen LogP) is 3.15. The van der Waals surface area contributed by atoms with Gasteiger partial charge in [-0.05, 0) is 12.8 Å². The first-order chi connectivity index (χ1) is 7.13. The molecule has 0 bridgehead atoms. The fraction of sp³-hybridized carbons (Fsp3) is 0.692. The van der Waals surface area contributed by atoms with Crippen LogP contribution in [0.15, 0.2) is 25.3 Å². The third-order valence-electron chi connectivity index (χ3n) is 2.81. The minimum absolute atomic E-state index is 0.0484. The molecule has 0 saturated carbocycles. The average Bonchev–Trinajstić information content (AvgIpc) is 2.19. The molecule has 0 unspecified atom stereocenters. The Hall–Kier alpha value is -0.600. The minimum Gasteiger partial charge on any atom is -0.352 e. The van der Waals surface area contributed by atoms with Gasteiger partial charge in [-0.15, -0.1) is 13.2 Å². The molecule has 1 heterocycles. The normalized spacial score (nSPS) is 21.5. The van der Waals surface area contributed by atoms with Crippen LogP contribution in [0.1, 0.15) is 26.7 Å². The Morgan fingerprint density at radius 2 is 1.67 bits per heavy atom. The fourth-order valence-electron chi connectivity index (χ4n) is 1.92. The summed E-state index contributed by atoms with van der Waals surface area (Å²) in [4.78, 5) is 0. The topological polar surface area (TPSA) is 18.5 Å². The number of ether oxygens (including phenoxy) is 2. The summed E-state index contributed by atoms with van der Waals surface area (Å²) >= 11 is 0. The Kier molecular flexibility index (Phi) is 4.55. The highest BCUT2D eigenvalue weighted by Crippen LogP contribution is 2.34. The highest BCUT2D eigenvalue weighted by Gasteiger charge is 2.35. The maximum atomic E-state index is 5.74. The third-order valence-corrected chi connectivity index (χ3v) is 2.81. The van der Waals surface area contributed by atoms with Gasteiger partial charge in [-0.25, -0.2) is 0 Å². The lowest BCUT2D eigenvalue weighted by Gasteiger charge is -2.40. The Balaban J connectivity index is 2.56. The lowest BCUT2D eigenvalue weighted by atomic mass is 9.82. The van der Waals surface area contributed by atoms with Gasteiger partial charge in [0.25, 0.3) is 0 Å². The van der Waals surface area contributed by atoms with Crippen molar-refractivity contribution in [1.29, 1.82) is 0 Å². The van der Waals surface area contributed by atoms with Gasteiger partial charge in [0.05, 0.1) is 13.2 Å². The third kappa shape index (κ3) is 3.18. The zero-order valence-electron chi connectivity index (χ0n) is 9.87. The summed E-state index contributed by atoms with van der Waals surface area (Å²) in [6, 6.07) is 0. The van der Waals surface area contributed by atoms with E-state index in [-0.39, 0.29) is 11.7 Å². The van der Waals surface area contributed by atoms with Gasteiger partial charge in [0, 0.05) is 11.3 Å². The molecule has 1 fully saturated rings. The second-order valence-corrected chi connectivity index (χ2v) is 4.72. The standard InChI is InChI=1S/C13H22O2/c1-5-7-13(8-6-2)9-14-12(11(3)4)15-10-13/h5-6,11-12H,1-2,7-10H2,3-4H3. The molecule has 86 valence electrons. The van der Waals surface area contributed by atoms with Crippen molar-refractivity contribution < 1.29 is 9.47 Å². The molecule has 1 rings (SSSR count). The van der Waals surface area contributed by atoms with E-state index in [1.54, 1.807) is 0 Å². The van der Waals surface area contributed by atoms with Gasteiger partial charge in [-0.3, -0.25) is 0 Å². The molecule has 1 aliphatic heterocycles. The van der Waals surface area contributed by atoms with Gasteiger partial charge in [0.2, 0.25) is 0 Å². The molecule has 0 aromatic rings. The summed E-state index contributed by atoms with van der Waals surface area (Å²) < 4.78 is 11.5. The molecule has 2 nitrogen and oxygen atoms in total. The molecule has 0 aromatic carbocycles. The summed E-state index contributed by atoms with van der Waals surface area (Å²) in [5.41, 5.74) is 0.0644. The minimum atomic E-state index is -0.0484. The van der Waals surface area contributed by atoms with Crippen molar-refractivity contribution in [3.05, 3.63) is 25.3 Å². The number of hydrogen-bond acceptors (Lipinski definition) is 2. The van der Waals surface area contributed by atoms with Crippen LogP contribution in [0.5, 0.6) is 0 Å². The van der Waals surface area contributed by atoms with Crippen LogP contribution >= 0.6 is 0 Å². The second-order valence-electron chi connectivity index (χ2n) is 4.72. The number of allylic oxidation sites excluding steroid dienone is 2. The van der Waals surface area contributed by atoms with Gasteiger partial charge < -0.3 is 9.47 Å². The van der Waals surface area contributed by atoms with E-state index in [9.17, 15) is 0 Å². The van der Waals surface area contributed by atoms with E-state index in [2.05, 4.69) is 27.0 Å². The van der Waals surface area contributed by atoms with Crippen LogP contribution in [0.2, 0.25) is 0 Å². The molecule has 0 atom stereocenters. The largest absolute Gasteiger partial charge is 0.352 e. The van der Waals surface area contributed by atoms with E-state index in [1.807, 2.05) is 12.2 Å². The maximum absolute atomic E-state index is 5.74. The van der Waals surface area contributed by atoms with Crippen molar-refractivity contribution in [2.24, 2.45) is 11.3 Å². The van der Waals surface area contributed by atoms with Crippen LogP contribution in [0, 0.1) is 11.3 Å². The molecule has 15 heavy (non-hydrogen) atoms. The summed E-state index contributed by atoms with van der Waals surface area (Å²) in [6.07, 6.45) is 5.67. The molecule has 0 radical (unpaired) electrons. The van der Waals surface area contributed by atoms with Crippen molar-refractivity contribution in [2.75, 3.05) is 13.2 Å². The fourth-order valence-corrected chi connectivity index (χ4v) is 1.92. The number of rotatable bonds is 5. The Morgan fingerprint density at radius 3 is 2.00 bits per heavy atom. The first-order valence-electron chi connectivity index (χ1n) is 5.58. The highest BCUT2D eigenvalue weighted by molar-refractivity contribution is 4.93. The van der Waals surface area contributed by atoms with E-state index in [4.69, 9.17) is 9.47 Å². The zero-order chi connectivity index (χ0) is 11.3. The first-order valence-corrected chi connectivity index (χ1v) is 5.58. The van der Waals surface area contributed by atoms with Crippen molar-refractivity contribution >= 4 is 0 Å². The first kappa shape index (κ1) is 12.5. The van der Waals surface area contributed by atoms with Gasteiger partial charge in [0.1, 0.15) is 0 Å². The number of hydrogen-bond donors (Lipinski definition) is 0. The molecule has 0 spiro atoms. The summed E-state index contributed by atoms with van der Waals surface area (Å²) in [5.74, 6) is 0.412. The molecule has 0 aromatic heterocycles. The van der Waals surface area contributed by atoms with Gasteiger partial charge in [-0.2, -0.15) is 0 Å². The van der Waals surface area contributed by atoms with Crippen LogP contribution in [0.3, 0.4) is 0 Å². The van der Waals surface area contributed by atoms with E-state index < -0.39 is 0 Å².